The van der Waals surface area contributed by atoms with E-state index in [2.05, 4.69) is 81.1 Å². The molecule has 0 radical (unpaired) electrons. The van der Waals surface area contributed by atoms with Crippen LogP contribution in [0, 0.1) is 21.7 Å². The van der Waals surface area contributed by atoms with Crippen LogP contribution >= 0.6 is 0 Å². The molecule has 2 N–H and O–H groups in total. The Bertz CT molecular complexity index is 434. The van der Waals surface area contributed by atoms with Crippen LogP contribution < -0.4 is 0 Å². The fourth-order valence-corrected chi connectivity index (χ4v) is 4.58. The summed E-state index contributed by atoms with van der Waals surface area (Å²) in [5.74, 6) is 0. The smallest absolute Gasteiger partial charge is 0.0718 e. The number of hydrogen-bond acceptors (Lipinski definition) is 3. The second kappa shape index (κ2) is 10.8. The van der Waals surface area contributed by atoms with Gasteiger partial charge in [-0.3, -0.25) is 4.90 Å². The standard InChI is InChI=1S/C25H53NO2/c1-12-14-15-26(16-20(27)24(8,9)18-22(3,4)5)17-21(28)25(10,11)19-23(6,7)13-2/h20-21,27-28H,12-19H2,1-11H3. The van der Waals surface area contributed by atoms with Crippen molar-refractivity contribution in [2.45, 2.75) is 120 Å². The van der Waals surface area contributed by atoms with E-state index in [-0.39, 0.29) is 21.7 Å². The lowest BCUT2D eigenvalue weighted by Gasteiger charge is -2.42. The molecular formula is C25H53NO2. The van der Waals surface area contributed by atoms with Gasteiger partial charge in [0.25, 0.3) is 0 Å². The van der Waals surface area contributed by atoms with Crippen LogP contribution in [0.25, 0.3) is 0 Å². The Labute approximate surface area is 177 Å². The number of hydrogen-bond donors (Lipinski definition) is 2. The van der Waals surface area contributed by atoms with E-state index in [1.165, 1.54) is 0 Å². The fraction of sp³-hybridized carbons (Fsp3) is 1.00. The van der Waals surface area contributed by atoms with Gasteiger partial charge in [0.15, 0.2) is 0 Å². The third-order valence-electron chi connectivity index (χ3n) is 6.37. The molecule has 0 aromatic carbocycles. The van der Waals surface area contributed by atoms with E-state index >= 15 is 0 Å². The van der Waals surface area contributed by atoms with Gasteiger partial charge in [0, 0.05) is 13.1 Å². The van der Waals surface area contributed by atoms with Crippen LogP contribution in [-0.4, -0.2) is 47.0 Å². The topological polar surface area (TPSA) is 43.7 Å². The first-order valence-corrected chi connectivity index (χ1v) is 11.5. The largest absolute Gasteiger partial charge is 0.391 e. The molecule has 0 saturated carbocycles. The summed E-state index contributed by atoms with van der Waals surface area (Å²) in [6, 6.07) is 0. The molecule has 0 fully saturated rings. The van der Waals surface area contributed by atoms with Crippen LogP contribution in [0.15, 0.2) is 0 Å². The molecule has 2 atom stereocenters. The summed E-state index contributed by atoms with van der Waals surface area (Å²) in [6.07, 6.45) is 4.51. The highest BCUT2D eigenvalue weighted by molar-refractivity contribution is 4.88. The zero-order valence-corrected chi connectivity index (χ0v) is 21.2. The SMILES string of the molecule is CCCCN(CC(O)C(C)(C)CC(C)(C)C)CC(O)C(C)(C)CC(C)(C)CC. The molecule has 0 amide bonds. The van der Waals surface area contributed by atoms with Gasteiger partial charge < -0.3 is 10.2 Å². The number of unbranched alkanes of at least 4 members (excludes halogenated alkanes) is 1. The molecule has 3 heteroatoms. The molecule has 2 unspecified atom stereocenters. The van der Waals surface area contributed by atoms with Crippen molar-refractivity contribution in [1.82, 2.24) is 4.90 Å². The monoisotopic (exact) mass is 399 g/mol. The minimum atomic E-state index is -0.397. The Morgan fingerprint density at radius 1 is 0.714 bits per heavy atom. The fourth-order valence-electron chi connectivity index (χ4n) is 4.58. The van der Waals surface area contributed by atoms with E-state index in [1.807, 2.05) is 0 Å². The quantitative estimate of drug-likeness (QED) is 0.392. The molecule has 3 nitrogen and oxygen atoms in total. The van der Waals surface area contributed by atoms with Crippen molar-refractivity contribution in [2.75, 3.05) is 19.6 Å². The van der Waals surface area contributed by atoms with Crippen LogP contribution in [0.4, 0.5) is 0 Å². The highest BCUT2D eigenvalue weighted by Crippen LogP contribution is 2.39. The maximum Gasteiger partial charge on any atom is 0.0718 e. The van der Waals surface area contributed by atoms with Gasteiger partial charge in [0.05, 0.1) is 12.2 Å². The van der Waals surface area contributed by atoms with Crippen LogP contribution in [0.5, 0.6) is 0 Å². The van der Waals surface area contributed by atoms with Gasteiger partial charge in [-0.1, -0.05) is 89.0 Å². The van der Waals surface area contributed by atoms with E-state index in [9.17, 15) is 10.2 Å². The number of nitrogens with zero attached hydrogens (tertiary/aromatic N) is 1. The van der Waals surface area contributed by atoms with Crippen molar-refractivity contribution in [3.8, 4) is 0 Å². The van der Waals surface area contributed by atoms with Crippen molar-refractivity contribution in [1.29, 1.82) is 0 Å². The maximum absolute atomic E-state index is 11.1. The van der Waals surface area contributed by atoms with Crippen molar-refractivity contribution in [3.05, 3.63) is 0 Å². The zero-order valence-electron chi connectivity index (χ0n) is 21.2. The molecule has 0 heterocycles. The summed E-state index contributed by atoms with van der Waals surface area (Å²) in [4.78, 5) is 2.30. The lowest BCUT2D eigenvalue weighted by atomic mass is 9.70. The van der Waals surface area contributed by atoms with Crippen LogP contribution in [-0.2, 0) is 0 Å². The van der Waals surface area contributed by atoms with Crippen LogP contribution in [0.2, 0.25) is 0 Å². The highest BCUT2D eigenvalue weighted by Gasteiger charge is 2.37. The van der Waals surface area contributed by atoms with E-state index in [4.69, 9.17) is 0 Å². The average molecular weight is 400 g/mol. The molecule has 0 aromatic heterocycles. The summed E-state index contributed by atoms with van der Waals surface area (Å²) in [6.45, 7) is 26.6. The van der Waals surface area contributed by atoms with Gasteiger partial charge in [-0.15, -0.1) is 0 Å². The minimum absolute atomic E-state index is 0.143. The predicted molar refractivity (Wildman–Crippen MR) is 124 cm³/mol. The molecule has 0 spiro atoms. The van der Waals surface area contributed by atoms with Gasteiger partial charge in [-0.05, 0) is 47.5 Å². The Balaban J connectivity index is 5.16. The molecule has 0 aliphatic carbocycles. The second-order valence-electron chi connectivity index (χ2n) is 12.6. The highest BCUT2D eigenvalue weighted by atomic mass is 16.3. The van der Waals surface area contributed by atoms with Crippen molar-refractivity contribution >= 4 is 0 Å². The van der Waals surface area contributed by atoms with Gasteiger partial charge in [0.1, 0.15) is 0 Å². The molecular weight excluding hydrogens is 346 g/mol. The van der Waals surface area contributed by atoms with Crippen LogP contribution in [0.3, 0.4) is 0 Å². The summed E-state index contributed by atoms with van der Waals surface area (Å²) in [5, 5.41) is 22.1. The molecule has 28 heavy (non-hydrogen) atoms. The first-order chi connectivity index (χ1) is 12.5. The molecule has 0 saturated heterocycles. The summed E-state index contributed by atoms with van der Waals surface area (Å²) >= 11 is 0. The summed E-state index contributed by atoms with van der Waals surface area (Å²) in [7, 11) is 0. The zero-order chi connectivity index (χ0) is 22.4. The number of rotatable bonds is 13. The van der Waals surface area contributed by atoms with Gasteiger partial charge in [0.2, 0.25) is 0 Å². The molecule has 0 aliphatic rings. The predicted octanol–water partition coefficient (Wildman–Crippen LogP) is 6.13. The second-order valence-corrected chi connectivity index (χ2v) is 12.6. The molecule has 170 valence electrons. The first-order valence-electron chi connectivity index (χ1n) is 11.5. The summed E-state index contributed by atoms with van der Waals surface area (Å²) in [5.41, 5.74) is 0.127. The lowest BCUT2D eigenvalue weighted by Crippen LogP contribution is -2.48. The molecule has 0 bridgehead atoms. The van der Waals surface area contributed by atoms with E-state index in [0.717, 1.165) is 38.6 Å². The van der Waals surface area contributed by atoms with E-state index in [0.29, 0.717) is 13.1 Å². The van der Waals surface area contributed by atoms with Gasteiger partial charge in [-0.25, -0.2) is 0 Å². The Hall–Kier alpha value is -0.120. The Kier molecular flexibility index (Phi) is 10.7. The third-order valence-corrected chi connectivity index (χ3v) is 6.37. The van der Waals surface area contributed by atoms with Crippen molar-refractivity contribution < 1.29 is 10.2 Å². The maximum atomic E-state index is 11.1. The van der Waals surface area contributed by atoms with Crippen molar-refractivity contribution in [3.63, 3.8) is 0 Å². The third kappa shape index (κ3) is 10.6. The minimum Gasteiger partial charge on any atom is -0.391 e. The molecule has 0 aromatic rings. The van der Waals surface area contributed by atoms with E-state index < -0.39 is 12.2 Å². The molecule has 0 rings (SSSR count). The Morgan fingerprint density at radius 3 is 1.50 bits per heavy atom. The van der Waals surface area contributed by atoms with Crippen LogP contribution in [0.1, 0.15) is 108 Å². The summed E-state index contributed by atoms with van der Waals surface area (Å²) < 4.78 is 0. The average Bonchev–Trinajstić information content (AvgIpc) is 2.49. The first kappa shape index (κ1) is 27.9. The van der Waals surface area contributed by atoms with Gasteiger partial charge >= 0.3 is 0 Å². The normalized spacial score (nSPS) is 16.5. The number of aliphatic hydroxyl groups is 2. The Morgan fingerprint density at radius 2 is 1.14 bits per heavy atom. The lowest BCUT2D eigenvalue weighted by molar-refractivity contribution is -0.0376. The molecule has 0 aliphatic heterocycles. The van der Waals surface area contributed by atoms with E-state index in [1.54, 1.807) is 0 Å². The van der Waals surface area contributed by atoms with Gasteiger partial charge in [-0.2, -0.15) is 0 Å². The van der Waals surface area contributed by atoms with Crippen molar-refractivity contribution in [2.24, 2.45) is 21.7 Å². The number of aliphatic hydroxyl groups excluding tert-OH is 2.